The smallest absolute Gasteiger partial charge is 0.160 e. The van der Waals surface area contributed by atoms with Crippen LogP contribution in [0.3, 0.4) is 0 Å². The SMILES string of the molecule is c1ccc2cc(-c3cc(-c4ccc5ccccc5c4)nc(-c4ccc(-c5ccc6ncccc6c5)cc4)n3)ccc2c1.c1ccc2cc(-c3cc(-c4ccc5ccccc5c4)nc(-c4ccc(-c5cccc6cnccc56)cc4)n3)ccc2c1.c1ccc2cc(-c3cc(-c4ccc5ccccc5c4)nc(-c4ccc(-c5cccc6ncccc56)cc4)n3)ccc2c1. The molecule has 9 heteroatoms. The van der Waals surface area contributed by atoms with Crippen LogP contribution in [-0.2, 0) is 0 Å². The fraction of sp³-hybridized carbons (Fsp3) is 0. The number of hydrogen-bond acceptors (Lipinski definition) is 9. The van der Waals surface area contributed by atoms with Gasteiger partial charge in [0, 0.05) is 91.0 Å². The third kappa shape index (κ3) is 15.4. The Morgan fingerprint density at radius 3 is 0.794 bits per heavy atom. The second kappa shape index (κ2) is 33.2. The fourth-order valence-electron chi connectivity index (χ4n) is 17.1. The molecule has 0 unspecified atom stereocenters. The molecular formula is C117H75N9. The average molecular weight is 1610 g/mol. The molecule has 0 saturated heterocycles. The molecular weight excluding hydrogens is 1530 g/mol. The number of hydrogen-bond donors (Lipinski definition) is 0. The number of fused-ring (bicyclic) bond motifs is 9. The summed E-state index contributed by atoms with van der Waals surface area (Å²) in [5.41, 5.74) is 23.7. The van der Waals surface area contributed by atoms with Crippen molar-refractivity contribution in [2.24, 2.45) is 0 Å². The van der Waals surface area contributed by atoms with Crippen molar-refractivity contribution in [1.82, 2.24) is 44.9 Å². The van der Waals surface area contributed by atoms with E-state index in [4.69, 9.17) is 29.9 Å². The van der Waals surface area contributed by atoms with Crippen molar-refractivity contribution in [3.8, 4) is 135 Å². The molecule has 24 aromatic rings. The lowest BCUT2D eigenvalue weighted by Crippen LogP contribution is -1.96. The third-order valence-corrected chi connectivity index (χ3v) is 23.8. The van der Waals surface area contributed by atoms with Crippen LogP contribution in [0.4, 0.5) is 0 Å². The molecule has 0 spiro atoms. The molecule has 0 atom stereocenters. The first-order valence-electron chi connectivity index (χ1n) is 42.3. The summed E-state index contributed by atoms with van der Waals surface area (Å²) in [6, 6.07) is 151. The Hall–Kier alpha value is -17.0. The van der Waals surface area contributed by atoms with Crippen LogP contribution in [0, 0.1) is 0 Å². The summed E-state index contributed by atoms with van der Waals surface area (Å²) < 4.78 is 0. The lowest BCUT2D eigenvalue weighted by atomic mass is 9.98. The summed E-state index contributed by atoms with van der Waals surface area (Å²) in [6.45, 7) is 0. The van der Waals surface area contributed by atoms with Crippen LogP contribution in [0.2, 0.25) is 0 Å². The van der Waals surface area contributed by atoms with E-state index in [1.807, 2.05) is 43.0 Å². The van der Waals surface area contributed by atoms with Crippen LogP contribution in [0.25, 0.3) is 232 Å². The Bertz CT molecular complexity index is 7660. The zero-order chi connectivity index (χ0) is 83.6. The molecule has 588 valence electrons. The zero-order valence-corrected chi connectivity index (χ0v) is 68.3. The molecule has 9 nitrogen and oxygen atoms in total. The first kappa shape index (κ1) is 75.2. The molecule has 0 fully saturated rings. The van der Waals surface area contributed by atoms with Crippen molar-refractivity contribution in [3.63, 3.8) is 0 Å². The fourth-order valence-corrected chi connectivity index (χ4v) is 17.1. The summed E-state index contributed by atoms with van der Waals surface area (Å²) in [4.78, 5) is 43.9. The van der Waals surface area contributed by atoms with Crippen LogP contribution in [0.1, 0.15) is 0 Å². The van der Waals surface area contributed by atoms with Crippen molar-refractivity contribution in [2.45, 2.75) is 0 Å². The molecule has 24 rings (SSSR count). The number of nitrogens with zero attached hydrogens (tertiary/aromatic N) is 9. The van der Waals surface area contributed by atoms with E-state index < -0.39 is 0 Å². The normalized spacial score (nSPS) is 11.3. The van der Waals surface area contributed by atoms with E-state index in [1.54, 1.807) is 0 Å². The topological polar surface area (TPSA) is 116 Å². The van der Waals surface area contributed by atoms with Gasteiger partial charge in [-0.05, 0) is 194 Å². The summed E-state index contributed by atoms with van der Waals surface area (Å²) in [5.74, 6) is 2.12. The first-order valence-corrected chi connectivity index (χ1v) is 42.3. The molecule has 0 amide bonds. The predicted molar refractivity (Wildman–Crippen MR) is 522 cm³/mol. The monoisotopic (exact) mass is 1610 g/mol. The van der Waals surface area contributed by atoms with Gasteiger partial charge in [-0.15, -0.1) is 0 Å². The molecule has 6 heterocycles. The van der Waals surface area contributed by atoms with Crippen LogP contribution in [0.15, 0.2) is 455 Å². The molecule has 0 radical (unpaired) electrons. The van der Waals surface area contributed by atoms with Gasteiger partial charge in [0.15, 0.2) is 17.5 Å². The van der Waals surface area contributed by atoms with Gasteiger partial charge in [-0.2, -0.15) is 0 Å². The Morgan fingerprint density at radius 1 is 0.143 bits per heavy atom. The van der Waals surface area contributed by atoms with Gasteiger partial charge in [0.1, 0.15) is 0 Å². The molecule has 18 aromatic carbocycles. The quantitative estimate of drug-likeness (QED) is 0.118. The van der Waals surface area contributed by atoms with Crippen LogP contribution >= 0.6 is 0 Å². The van der Waals surface area contributed by atoms with Gasteiger partial charge in [-0.25, -0.2) is 29.9 Å². The Kier molecular flexibility index (Phi) is 19.8. The van der Waals surface area contributed by atoms with Gasteiger partial charge in [0.05, 0.1) is 45.2 Å². The molecule has 0 aliphatic carbocycles. The van der Waals surface area contributed by atoms with Gasteiger partial charge in [0.2, 0.25) is 0 Å². The Morgan fingerprint density at radius 2 is 0.421 bits per heavy atom. The number of pyridine rings is 3. The van der Waals surface area contributed by atoms with Crippen LogP contribution in [0.5, 0.6) is 0 Å². The number of benzene rings is 18. The molecule has 0 N–H and O–H groups in total. The van der Waals surface area contributed by atoms with Crippen molar-refractivity contribution in [3.05, 3.63) is 455 Å². The Balaban J connectivity index is 0.000000112. The number of rotatable bonds is 12. The van der Waals surface area contributed by atoms with Crippen LogP contribution < -0.4 is 0 Å². The Labute approximate surface area is 727 Å². The summed E-state index contributed by atoms with van der Waals surface area (Å²) >= 11 is 0. The molecule has 0 saturated carbocycles. The molecule has 0 aliphatic rings. The summed E-state index contributed by atoms with van der Waals surface area (Å²) in [7, 11) is 0. The predicted octanol–water partition coefficient (Wildman–Crippen LogP) is 30.0. The highest BCUT2D eigenvalue weighted by molar-refractivity contribution is 5.99. The number of aromatic nitrogens is 9. The van der Waals surface area contributed by atoms with E-state index in [0.29, 0.717) is 17.5 Å². The minimum Gasteiger partial charge on any atom is -0.264 e. The molecule has 0 aliphatic heterocycles. The highest BCUT2D eigenvalue weighted by atomic mass is 14.9. The van der Waals surface area contributed by atoms with Crippen molar-refractivity contribution >= 4 is 97.2 Å². The molecule has 6 aromatic heterocycles. The maximum Gasteiger partial charge on any atom is 0.160 e. The third-order valence-electron chi connectivity index (χ3n) is 23.8. The average Bonchev–Trinajstić information content (AvgIpc) is 0.785. The summed E-state index contributed by atoms with van der Waals surface area (Å²) in [5, 5.41) is 19.0. The zero-order valence-electron chi connectivity index (χ0n) is 68.3. The molecule has 0 bridgehead atoms. The van der Waals surface area contributed by atoms with Gasteiger partial charge in [-0.3, -0.25) is 15.0 Å². The lowest BCUT2D eigenvalue weighted by molar-refractivity contribution is 1.18. The van der Waals surface area contributed by atoms with Gasteiger partial charge in [-0.1, -0.05) is 340 Å². The minimum absolute atomic E-state index is 0.704. The van der Waals surface area contributed by atoms with Crippen molar-refractivity contribution < 1.29 is 0 Å². The van der Waals surface area contributed by atoms with Crippen LogP contribution in [-0.4, -0.2) is 44.9 Å². The second-order valence-electron chi connectivity index (χ2n) is 31.7. The van der Waals surface area contributed by atoms with Gasteiger partial charge in [0.25, 0.3) is 0 Å². The highest BCUT2D eigenvalue weighted by Crippen LogP contribution is 2.39. The van der Waals surface area contributed by atoms with Gasteiger partial charge < -0.3 is 0 Å². The largest absolute Gasteiger partial charge is 0.264 e. The van der Waals surface area contributed by atoms with E-state index in [0.717, 1.165) is 139 Å². The summed E-state index contributed by atoms with van der Waals surface area (Å²) in [6.07, 6.45) is 7.42. The van der Waals surface area contributed by atoms with E-state index in [2.05, 4.69) is 427 Å². The maximum absolute atomic E-state index is 5.10. The highest BCUT2D eigenvalue weighted by Gasteiger charge is 2.19. The van der Waals surface area contributed by atoms with E-state index in [1.165, 1.54) is 75.6 Å². The minimum atomic E-state index is 0.704. The molecule has 126 heavy (non-hydrogen) atoms. The van der Waals surface area contributed by atoms with E-state index in [9.17, 15) is 0 Å². The van der Waals surface area contributed by atoms with E-state index >= 15 is 0 Å². The first-order chi connectivity index (χ1) is 62.3. The second-order valence-corrected chi connectivity index (χ2v) is 31.7. The van der Waals surface area contributed by atoms with Gasteiger partial charge >= 0.3 is 0 Å². The maximum atomic E-state index is 5.10. The van der Waals surface area contributed by atoms with Crippen molar-refractivity contribution in [2.75, 3.05) is 0 Å². The standard InChI is InChI=1S/3C39H25N3/c1-3-9-30-23-32(20-14-26(30)7-1)37-25-38(33-21-15-27-8-2-4-10-31(27)24-33)42-39(41-37)29-18-16-28(17-19-29)34-11-5-13-36-35(34)12-6-22-40-36;1-3-8-30-22-34(17-13-26(30)6-1)37-25-38(35-18-14-27-7-2-4-9-31(27)23-35)42-39(41-37)29-15-11-28(12-16-29)32-19-20-36-33(24-32)10-5-21-40-36;1-3-8-30-22-32(18-12-26(30)6-1)37-24-38(33-19-13-27-7-2-4-9-31(27)23-33)42-39(41-37)29-16-14-28(15-17-29)35-11-5-10-34-25-40-21-20-36(34)35/h3*1-25H. The van der Waals surface area contributed by atoms with E-state index in [-0.39, 0.29) is 0 Å². The van der Waals surface area contributed by atoms with Crippen molar-refractivity contribution in [1.29, 1.82) is 0 Å². The lowest BCUT2D eigenvalue weighted by Gasteiger charge is -2.12.